The molecule has 29 heavy (non-hydrogen) atoms. The molecule has 11 heteroatoms. The third-order valence-corrected chi connectivity index (χ3v) is 5.06. The lowest BCUT2D eigenvalue weighted by atomic mass is 10.2. The second kappa shape index (κ2) is 8.71. The Morgan fingerprint density at radius 2 is 1.93 bits per heavy atom. The maximum Gasteiger partial charge on any atom is 0.338 e. The van der Waals surface area contributed by atoms with Crippen LogP contribution in [0.2, 0.25) is 0 Å². The highest BCUT2D eigenvalue weighted by Crippen LogP contribution is 2.13. The zero-order chi connectivity index (χ0) is 20.9. The van der Waals surface area contributed by atoms with E-state index in [1.807, 2.05) is 0 Å². The molecule has 0 aliphatic heterocycles. The molecular formula is C18H17N3O7S. The molecule has 0 aliphatic rings. The average Bonchev–Trinajstić information content (AvgIpc) is 3.36. The Morgan fingerprint density at radius 3 is 2.55 bits per heavy atom. The Balaban J connectivity index is 1.53. The van der Waals surface area contributed by atoms with Crippen molar-refractivity contribution in [3.05, 3.63) is 65.7 Å². The van der Waals surface area contributed by atoms with Crippen molar-refractivity contribution in [3.8, 4) is 0 Å². The van der Waals surface area contributed by atoms with Gasteiger partial charge < -0.3 is 13.7 Å². The molecule has 3 rings (SSSR count). The highest BCUT2D eigenvalue weighted by Gasteiger charge is 2.17. The predicted octanol–water partition coefficient (Wildman–Crippen LogP) is 1.85. The maximum absolute atomic E-state index is 12.3. The van der Waals surface area contributed by atoms with Gasteiger partial charge in [0.15, 0.2) is 6.61 Å². The van der Waals surface area contributed by atoms with E-state index in [0.29, 0.717) is 11.5 Å². The number of esters is 1. The molecule has 0 atom stereocenters. The van der Waals surface area contributed by atoms with Crippen LogP contribution in [-0.4, -0.2) is 32.1 Å². The number of carbonyl (C=O) groups excluding carboxylic acids is 2. The first-order valence-electron chi connectivity index (χ1n) is 8.36. The van der Waals surface area contributed by atoms with Crippen molar-refractivity contribution in [2.24, 2.45) is 0 Å². The molecule has 3 aromatic rings. The number of furan rings is 1. The molecule has 2 heterocycles. The van der Waals surface area contributed by atoms with Crippen molar-refractivity contribution >= 4 is 27.8 Å². The molecule has 10 nitrogen and oxygen atoms in total. The van der Waals surface area contributed by atoms with Gasteiger partial charge in [0.1, 0.15) is 5.76 Å². The summed E-state index contributed by atoms with van der Waals surface area (Å²) in [6.45, 7) is 1.15. The monoisotopic (exact) mass is 419 g/mol. The molecule has 0 saturated heterocycles. The molecule has 0 fully saturated rings. The summed E-state index contributed by atoms with van der Waals surface area (Å²) >= 11 is 0. The first-order valence-corrected chi connectivity index (χ1v) is 9.84. The number of nitrogens with one attached hydrogen (secondary N) is 2. The van der Waals surface area contributed by atoms with Gasteiger partial charge in [-0.3, -0.25) is 10.1 Å². The van der Waals surface area contributed by atoms with Crippen LogP contribution >= 0.6 is 0 Å². The van der Waals surface area contributed by atoms with E-state index in [4.69, 9.17) is 13.7 Å². The second-order valence-electron chi connectivity index (χ2n) is 5.89. The van der Waals surface area contributed by atoms with Gasteiger partial charge >= 0.3 is 5.97 Å². The van der Waals surface area contributed by atoms with Crippen LogP contribution in [0.3, 0.4) is 0 Å². The van der Waals surface area contributed by atoms with Crippen LogP contribution in [-0.2, 0) is 26.1 Å². The van der Waals surface area contributed by atoms with Crippen molar-refractivity contribution in [2.45, 2.75) is 18.4 Å². The van der Waals surface area contributed by atoms with E-state index in [1.165, 1.54) is 36.6 Å². The Bertz CT molecular complexity index is 1090. The van der Waals surface area contributed by atoms with Crippen LogP contribution in [0.5, 0.6) is 0 Å². The second-order valence-corrected chi connectivity index (χ2v) is 7.65. The van der Waals surface area contributed by atoms with E-state index in [0.717, 1.165) is 0 Å². The minimum atomic E-state index is -3.78. The van der Waals surface area contributed by atoms with Gasteiger partial charge in [-0.2, -0.15) is 0 Å². The minimum Gasteiger partial charge on any atom is -0.468 e. The maximum atomic E-state index is 12.3. The van der Waals surface area contributed by atoms with Gasteiger partial charge in [0.25, 0.3) is 5.91 Å². The number of aryl methyl sites for hydroxylation is 1. The van der Waals surface area contributed by atoms with Crippen molar-refractivity contribution in [3.63, 3.8) is 0 Å². The summed E-state index contributed by atoms with van der Waals surface area (Å²) in [5.41, 5.74) is 0.685. The van der Waals surface area contributed by atoms with Crippen LogP contribution in [0.15, 0.2) is 62.6 Å². The number of hydrogen-bond acceptors (Lipinski definition) is 8. The molecule has 0 unspecified atom stereocenters. The van der Waals surface area contributed by atoms with Gasteiger partial charge in [0.05, 0.1) is 29.0 Å². The van der Waals surface area contributed by atoms with E-state index >= 15 is 0 Å². The molecule has 0 aliphatic carbocycles. The van der Waals surface area contributed by atoms with Gasteiger partial charge in [-0.15, -0.1) is 0 Å². The molecule has 2 N–H and O–H groups in total. The fraction of sp³-hybridized carbons (Fsp3) is 0.167. The van der Waals surface area contributed by atoms with Crippen LogP contribution < -0.4 is 10.0 Å². The largest absolute Gasteiger partial charge is 0.468 e. The Kier molecular flexibility index (Phi) is 6.10. The summed E-state index contributed by atoms with van der Waals surface area (Å²) in [7, 11) is -3.78. The van der Waals surface area contributed by atoms with E-state index in [9.17, 15) is 18.0 Å². The quantitative estimate of drug-likeness (QED) is 0.527. The fourth-order valence-corrected chi connectivity index (χ4v) is 3.24. The van der Waals surface area contributed by atoms with E-state index < -0.39 is 28.5 Å². The number of anilines is 1. The zero-order valence-corrected chi connectivity index (χ0v) is 16.1. The number of amides is 1. The standard InChI is InChI=1S/C18H17N3O7S/c1-12-9-17(28-21-12)20-16(22)11-27-18(23)13-4-6-15(7-5-13)29(24,25)19-10-14-3-2-8-26-14/h2-9,19H,10-11H2,1H3,(H,20,22). The molecule has 2 aromatic heterocycles. The number of nitrogens with zero attached hydrogens (tertiary/aromatic N) is 1. The Labute approximate surface area is 165 Å². The average molecular weight is 419 g/mol. The summed E-state index contributed by atoms with van der Waals surface area (Å²) in [6.07, 6.45) is 1.44. The number of ether oxygens (including phenoxy) is 1. The minimum absolute atomic E-state index is 0.00104. The number of sulfonamides is 1. The lowest BCUT2D eigenvalue weighted by Crippen LogP contribution is -2.23. The molecule has 0 spiro atoms. The Morgan fingerprint density at radius 1 is 1.17 bits per heavy atom. The number of carbonyl (C=O) groups is 2. The summed E-state index contributed by atoms with van der Waals surface area (Å²) in [4.78, 5) is 23.7. The van der Waals surface area contributed by atoms with E-state index in [-0.39, 0.29) is 22.9 Å². The summed E-state index contributed by atoms with van der Waals surface area (Å²) < 4.78 is 41.7. The summed E-state index contributed by atoms with van der Waals surface area (Å²) in [5, 5.41) is 5.99. The topological polar surface area (TPSA) is 141 Å². The first-order chi connectivity index (χ1) is 13.8. The molecule has 0 saturated carbocycles. The SMILES string of the molecule is Cc1cc(NC(=O)COC(=O)c2ccc(S(=O)(=O)NCc3ccco3)cc2)on1. The van der Waals surface area contributed by atoms with E-state index in [2.05, 4.69) is 15.2 Å². The number of aromatic nitrogens is 1. The third kappa shape index (κ3) is 5.53. The molecule has 1 aromatic carbocycles. The van der Waals surface area contributed by atoms with Gasteiger partial charge in [-0.25, -0.2) is 17.9 Å². The van der Waals surface area contributed by atoms with Gasteiger partial charge in [0, 0.05) is 6.07 Å². The highest BCUT2D eigenvalue weighted by atomic mass is 32.2. The smallest absolute Gasteiger partial charge is 0.338 e. The summed E-state index contributed by atoms with van der Waals surface area (Å²) in [5.74, 6) is -0.773. The normalized spacial score (nSPS) is 11.2. The van der Waals surface area contributed by atoms with Crippen molar-refractivity contribution in [1.82, 2.24) is 9.88 Å². The summed E-state index contributed by atoms with van der Waals surface area (Å²) in [6, 6.07) is 9.91. The van der Waals surface area contributed by atoms with Gasteiger partial charge in [-0.1, -0.05) is 5.16 Å². The number of rotatable bonds is 8. The molecular weight excluding hydrogens is 402 g/mol. The number of hydrogen-bond donors (Lipinski definition) is 2. The number of benzene rings is 1. The van der Waals surface area contributed by atoms with Gasteiger partial charge in [-0.05, 0) is 43.3 Å². The van der Waals surface area contributed by atoms with E-state index in [1.54, 1.807) is 19.1 Å². The lowest BCUT2D eigenvalue weighted by Gasteiger charge is -2.07. The lowest BCUT2D eigenvalue weighted by molar-refractivity contribution is -0.119. The van der Waals surface area contributed by atoms with Crippen LogP contribution in [0.4, 0.5) is 5.88 Å². The van der Waals surface area contributed by atoms with Crippen molar-refractivity contribution < 1.29 is 31.7 Å². The Hall–Kier alpha value is -3.44. The molecule has 0 bridgehead atoms. The first kappa shape index (κ1) is 20.3. The fourth-order valence-electron chi connectivity index (χ4n) is 2.24. The molecule has 152 valence electrons. The highest BCUT2D eigenvalue weighted by molar-refractivity contribution is 7.89. The molecule has 1 amide bonds. The van der Waals surface area contributed by atoms with Crippen LogP contribution in [0.1, 0.15) is 21.8 Å². The van der Waals surface area contributed by atoms with Crippen molar-refractivity contribution in [2.75, 3.05) is 11.9 Å². The van der Waals surface area contributed by atoms with Crippen LogP contribution in [0.25, 0.3) is 0 Å². The zero-order valence-electron chi connectivity index (χ0n) is 15.2. The molecule has 0 radical (unpaired) electrons. The van der Waals surface area contributed by atoms with Gasteiger partial charge in [0.2, 0.25) is 15.9 Å². The predicted molar refractivity (Wildman–Crippen MR) is 99.3 cm³/mol. The third-order valence-electron chi connectivity index (χ3n) is 3.64. The van der Waals surface area contributed by atoms with Crippen LogP contribution in [0, 0.1) is 6.92 Å². The van der Waals surface area contributed by atoms with Crippen molar-refractivity contribution in [1.29, 1.82) is 0 Å².